The zero-order chi connectivity index (χ0) is 90.1. The summed E-state index contributed by atoms with van der Waals surface area (Å²) < 4.78 is 0. The van der Waals surface area contributed by atoms with Crippen LogP contribution in [-0.2, 0) is 12.8 Å². The molecule has 9 N–H and O–H groups in total. The number of fused-ring (bicyclic) bond motifs is 8. The molecular weight excluding hydrogens is 1730 g/mol. The van der Waals surface area contributed by atoms with E-state index in [1.807, 2.05) is 191 Å². The number of anilines is 5. The van der Waals surface area contributed by atoms with Crippen LogP contribution in [0.3, 0.4) is 0 Å². The number of carbonyl (C=O) groups is 4. The number of likely N-dealkylation sites (tertiary alicyclic amines) is 1. The molecule has 35 heteroatoms. The van der Waals surface area contributed by atoms with Crippen molar-refractivity contribution in [3.8, 4) is 0 Å². The molecule has 0 radical (unpaired) electrons. The van der Waals surface area contributed by atoms with E-state index in [0.29, 0.717) is 188 Å². The van der Waals surface area contributed by atoms with Gasteiger partial charge in [0.05, 0.1) is 98.4 Å². The van der Waals surface area contributed by atoms with Gasteiger partial charge >= 0.3 is 0 Å². The Labute approximate surface area is 762 Å². The Kier molecular flexibility index (Phi) is 26.2. The summed E-state index contributed by atoms with van der Waals surface area (Å²) in [6, 6.07) is 58.1. The first-order valence-corrected chi connectivity index (χ1v) is 43.2. The molecule has 19 aromatic rings. The van der Waals surface area contributed by atoms with Crippen LogP contribution in [0.4, 0.5) is 29.0 Å². The zero-order valence-electron chi connectivity index (χ0n) is 70.5. The second kappa shape index (κ2) is 39.1. The standard InChI is InChI=1S/C25H21ClN6O.C24H20ClN7O.C24H19ClN6O.C22H22ClN7O2/c1-15(31-25-23-24(28-13-27-23)29-14-30-25)19-12-17-8-5-9-18(26)21(17)22(32-19)20(33)11-10-16-6-3-2-4-7-16;1-14(30-23-21-22(27-12-26-21)28-13-29-23)18-11-15-7-6-10-17(25)19(15)20(31-18)24(33)32(2)16-8-4-3-5-9-16;1-14(30-24-22-23(27-12-26-22)28-13-29-24)18-11-16-8-5-9-17(25)20(16)21(31-18)19(32)10-15-6-3-2-4-7-15;1-12(28-21-19-20(25-10-24-19)26-11-27-21)16-9-13-3-2-4-15(23)17(13)18(29-16)22(32)30-7-5-14(31)6-8-30/h2-9,12-15H,10-11H2,1H3,(H2,27,28,29,30,31);3-14H,1-2H3,(H2,26,27,28,29,30);2-9,11-14H,10H2,1H3,(H2,26,27,28,29,30);2-4,9-12,14,31H,5-8H2,1H3,(H2,24,25,26,27,28)/t15-;2*14-;12-/m0000/s1. The second-order valence-corrected chi connectivity index (χ2v) is 32.5. The predicted molar refractivity (Wildman–Crippen MR) is 506 cm³/mol. The van der Waals surface area contributed by atoms with E-state index < -0.39 is 0 Å². The number of amides is 2. The van der Waals surface area contributed by atoms with Crippen LogP contribution >= 0.6 is 46.4 Å². The van der Waals surface area contributed by atoms with E-state index in [-0.39, 0.29) is 60.1 Å². The number of Topliss-reactive ketones (excluding diaryl/α,β-unsaturated/α-hetero) is 2. The van der Waals surface area contributed by atoms with Gasteiger partial charge in [0, 0.05) is 60.2 Å². The maximum atomic E-state index is 13.5. The molecule has 0 saturated carbocycles. The molecule has 2 amide bonds. The Morgan fingerprint density at radius 3 is 1.10 bits per heavy atom. The van der Waals surface area contributed by atoms with Crippen LogP contribution in [0.15, 0.2) is 239 Å². The summed E-state index contributed by atoms with van der Waals surface area (Å²) in [6.45, 7) is 8.83. The van der Waals surface area contributed by atoms with Gasteiger partial charge in [-0.1, -0.05) is 174 Å². The lowest BCUT2D eigenvalue weighted by Crippen LogP contribution is -2.40. The number of carbonyl (C=O) groups excluding carboxylic acids is 4. The SMILES string of the molecule is C[C@H](Nc1ncnc2nc[nH]c12)c1cc2cccc(Cl)c2c(C(=O)CCc2ccccc2)n1.C[C@H](Nc1ncnc2nc[nH]c12)c1cc2cccc(Cl)c2c(C(=O)Cc2ccccc2)n1.C[C@H](Nc1ncnc2nc[nH]c12)c1cc2cccc(Cl)c2c(C(=O)N(C)c2ccccc2)n1.C[C@H](Nc1ncnc2nc[nH]c12)c1cc2cccc(Cl)c2c(C(=O)N2CCC(O)CC2)n1. The molecule has 13 heterocycles. The highest BCUT2D eigenvalue weighted by Gasteiger charge is 2.30. The number of hydrogen-bond acceptors (Lipinski definition) is 25. The number of aryl methyl sites for hydroxylation is 1. The normalized spacial score (nSPS) is 13.1. The van der Waals surface area contributed by atoms with E-state index in [4.69, 9.17) is 66.3 Å². The van der Waals surface area contributed by atoms with Gasteiger partial charge in [0.2, 0.25) is 0 Å². The Balaban J connectivity index is 0.000000121. The fourth-order valence-corrected chi connectivity index (χ4v) is 16.5. The fourth-order valence-electron chi connectivity index (χ4n) is 15.4. The lowest BCUT2D eigenvalue weighted by atomic mass is 10.00. The molecule has 650 valence electrons. The molecule has 1 aliphatic rings. The minimum atomic E-state index is -0.366. The van der Waals surface area contributed by atoms with Gasteiger partial charge in [-0.3, -0.25) is 19.2 Å². The number of rotatable bonds is 22. The zero-order valence-corrected chi connectivity index (χ0v) is 73.5. The molecule has 20 rings (SSSR count). The fraction of sp³-hybridized carbons (Fsp3) is 0.179. The molecule has 0 unspecified atom stereocenters. The van der Waals surface area contributed by atoms with Gasteiger partial charge in [0.1, 0.15) is 70.2 Å². The number of imidazole rings is 4. The van der Waals surface area contributed by atoms with E-state index >= 15 is 0 Å². The highest BCUT2D eigenvalue weighted by molar-refractivity contribution is 6.39. The van der Waals surface area contributed by atoms with E-state index in [1.54, 1.807) is 66.4 Å². The molecule has 31 nitrogen and oxygen atoms in total. The maximum Gasteiger partial charge on any atom is 0.277 e. The van der Waals surface area contributed by atoms with Gasteiger partial charge in [-0.15, -0.1) is 0 Å². The number of aliphatic hydroxyl groups excluding tert-OH is 1. The smallest absolute Gasteiger partial charge is 0.277 e. The Bertz CT molecular complexity index is 7390. The van der Waals surface area contributed by atoms with E-state index in [2.05, 4.69) is 101 Å². The average Bonchev–Trinajstić information content (AvgIpc) is 0.834. The van der Waals surface area contributed by atoms with Gasteiger partial charge in [0.25, 0.3) is 11.8 Å². The highest BCUT2D eigenvalue weighted by Crippen LogP contribution is 2.38. The summed E-state index contributed by atoms with van der Waals surface area (Å²) in [5, 5.41) is 31.2. The Hall–Kier alpha value is -15.0. The van der Waals surface area contributed by atoms with Crippen molar-refractivity contribution in [2.45, 2.75) is 90.1 Å². The maximum absolute atomic E-state index is 13.5. The minimum absolute atomic E-state index is 0.0380. The third kappa shape index (κ3) is 19.2. The molecule has 12 aromatic heterocycles. The number of aromatic amines is 4. The number of halogens is 4. The number of H-pyrrole nitrogens is 4. The van der Waals surface area contributed by atoms with Gasteiger partial charge in [-0.25, -0.2) is 79.7 Å². The number of aliphatic hydroxyl groups is 1. The summed E-state index contributed by atoms with van der Waals surface area (Å²) in [6.07, 6.45) is 14.1. The minimum Gasteiger partial charge on any atom is -0.393 e. The molecule has 0 aliphatic carbocycles. The molecular formula is C95H82Cl4N26O5. The molecule has 7 aromatic carbocycles. The van der Waals surface area contributed by atoms with Crippen molar-refractivity contribution in [2.75, 3.05) is 46.3 Å². The topological polar surface area (TPSA) is 413 Å². The number of piperidine rings is 1. The van der Waals surface area contributed by atoms with Crippen LogP contribution < -0.4 is 26.2 Å². The van der Waals surface area contributed by atoms with Crippen molar-refractivity contribution in [3.05, 3.63) is 315 Å². The predicted octanol–water partition coefficient (Wildman–Crippen LogP) is 19.0. The van der Waals surface area contributed by atoms with Crippen LogP contribution in [0.5, 0.6) is 0 Å². The molecule has 0 spiro atoms. The summed E-state index contributed by atoms with van der Waals surface area (Å²) >= 11 is 26.0. The van der Waals surface area contributed by atoms with E-state index in [9.17, 15) is 24.3 Å². The van der Waals surface area contributed by atoms with E-state index in [0.717, 1.165) is 44.1 Å². The summed E-state index contributed by atoms with van der Waals surface area (Å²) in [5.74, 6) is 1.90. The van der Waals surface area contributed by atoms with Crippen LogP contribution in [0.2, 0.25) is 20.1 Å². The Morgan fingerprint density at radius 1 is 0.400 bits per heavy atom. The lowest BCUT2D eigenvalue weighted by Gasteiger charge is -2.30. The van der Waals surface area contributed by atoms with Gasteiger partial charge in [0.15, 0.2) is 57.4 Å². The summed E-state index contributed by atoms with van der Waals surface area (Å²) in [4.78, 5) is 139. The molecule has 1 saturated heterocycles. The second-order valence-electron chi connectivity index (χ2n) is 30.9. The van der Waals surface area contributed by atoms with Crippen molar-refractivity contribution in [3.63, 3.8) is 0 Å². The van der Waals surface area contributed by atoms with Crippen molar-refractivity contribution < 1.29 is 24.3 Å². The third-order valence-corrected chi connectivity index (χ3v) is 23.5. The first kappa shape index (κ1) is 87.1. The van der Waals surface area contributed by atoms with Crippen molar-refractivity contribution in [2.24, 2.45) is 0 Å². The van der Waals surface area contributed by atoms with Crippen LogP contribution in [0.1, 0.15) is 147 Å². The summed E-state index contributed by atoms with van der Waals surface area (Å²) in [7, 11) is 1.73. The number of para-hydroxylation sites is 1. The first-order valence-electron chi connectivity index (χ1n) is 41.7. The average molecular weight is 1810 g/mol. The van der Waals surface area contributed by atoms with Gasteiger partial charge in [-0.05, 0) is 140 Å². The lowest BCUT2D eigenvalue weighted by molar-refractivity contribution is 0.0542. The molecule has 4 atom stereocenters. The third-order valence-electron chi connectivity index (χ3n) is 22.2. The molecule has 1 fully saturated rings. The number of nitrogens with zero attached hydrogens (tertiary/aromatic N) is 18. The number of nitrogens with one attached hydrogen (secondary N) is 8. The molecule has 0 bridgehead atoms. The number of benzene rings is 7. The number of hydrogen-bond donors (Lipinski definition) is 9. The first-order chi connectivity index (χ1) is 63.2. The van der Waals surface area contributed by atoms with Crippen LogP contribution in [0, 0.1) is 0 Å². The monoisotopic (exact) mass is 1810 g/mol. The summed E-state index contributed by atoms with van der Waals surface area (Å²) in [5.41, 5.74) is 12.1. The quantitative estimate of drug-likeness (QED) is 0.0285. The largest absolute Gasteiger partial charge is 0.393 e. The van der Waals surface area contributed by atoms with Gasteiger partial charge in [-0.2, -0.15) is 0 Å². The number of pyridine rings is 4. The highest BCUT2D eigenvalue weighted by atomic mass is 35.5. The van der Waals surface area contributed by atoms with Crippen molar-refractivity contribution in [1.29, 1.82) is 0 Å². The van der Waals surface area contributed by atoms with Crippen molar-refractivity contribution >= 4 is 186 Å². The number of ketones is 2. The molecule has 1 aliphatic heterocycles. The van der Waals surface area contributed by atoms with Gasteiger partial charge < -0.3 is 56.1 Å². The van der Waals surface area contributed by atoms with Crippen LogP contribution in [0.25, 0.3) is 87.7 Å². The van der Waals surface area contributed by atoms with Crippen LogP contribution in [-0.4, -0.2) is 159 Å². The number of aromatic nitrogens is 20. The Morgan fingerprint density at radius 2 is 0.723 bits per heavy atom. The van der Waals surface area contributed by atoms with Crippen molar-refractivity contribution in [1.82, 2.24) is 105 Å². The van der Waals surface area contributed by atoms with E-state index in [1.165, 1.54) is 25.3 Å². The molecule has 130 heavy (non-hydrogen) atoms.